The van der Waals surface area contributed by atoms with Crippen LogP contribution >= 0.6 is 0 Å². The second kappa shape index (κ2) is 3.41. The van der Waals surface area contributed by atoms with Crippen LogP contribution in [0.15, 0.2) is 0 Å². The minimum Gasteiger partial charge on any atom is -0.378 e. The van der Waals surface area contributed by atoms with Gasteiger partial charge in [-0.05, 0) is 13.8 Å². The molecule has 3 N–H and O–H groups in total. The van der Waals surface area contributed by atoms with Crippen LogP contribution in [0.25, 0.3) is 0 Å². The van der Waals surface area contributed by atoms with Crippen molar-refractivity contribution in [3.8, 4) is 0 Å². The summed E-state index contributed by atoms with van der Waals surface area (Å²) in [7, 11) is 0. The second-order valence-electron chi connectivity index (χ2n) is 3.61. The number of hydrogen-bond acceptors (Lipinski definition) is 3. The van der Waals surface area contributed by atoms with Gasteiger partial charge in [0.15, 0.2) is 0 Å². The second-order valence-corrected chi connectivity index (χ2v) is 3.61. The van der Waals surface area contributed by atoms with Crippen molar-refractivity contribution in [2.75, 3.05) is 19.7 Å². The molecule has 0 aromatic carbocycles. The minimum absolute atomic E-state index is 0.154. The topological polar surface area (TPSA) is 64.3 Å². The van der Waals surface area contributed by atoms with E-state index in [9.17, 15) is 4.79 Å². The van der Waals surface area contributed by atoms with Crippen LogP contribution < -0.4 is 11.1 Å². The third-order valence-corrected chi connectivity index (χ3v) is 2.14. The van der Waals surface area contributed by atoms with Crippen molar-refractivity contribution in [1.29, 1.82) is 0 Å². The summed E-state index contributed by atoms with van der Waals surface area (Å²) < 4.78 is 5.37. The molecule has 0 radical (unpaired) electrons. The molecule has 1 saturated heterocycles. The van der Waals surface area contributed by atoms with Gasteiger partial charge >= 0.3 is 0 Å². The molecule has 0 aliphatic carbocycles. The summed E-state index contributed by atoms with van der Waals surface area (Å²) in [6, 6.07) is 0. The predicted octanol–water partition coefficient (Wildman–Crippen LogP) is -0.514. The van der Waals surface area contributed by atoms with Crippen molar-refractivity contribution in [2.24, 2.45) is 11.1 Å². The van der Waals surface area contributed by atoms with E-state index in [-0.39, 0.29) is 12.0 Å². The lowest BCUT2D eigenvalue weighted by atomic mass is 9.82. The van der Waals surface area contributed by atoms with Crippen molar-refractivity contribution in [3.05, 3.63) is 0 Å². The molecule has 0 bridgehead atoms. The summed E-state index contributed by atoms with van der Waals surface area (Å²) in [5.74, 6) is -0.262. The Morgan fingerprint density at radius 3 is 2.50 bits per heavy atom. The number of carbonyl (C=O) groups excluding carboxylic acids is 1. The quantitative estimate of drug-likeness (QED) is 0.600. The summed E-state index contributed by atoms with van der Waals surface area (Å²) >= 11 is 0. The van der Waals surface area contributed by atoms with Gasteiger partial charge in [0.2, 0.25) is 5.91 Å². The van der Waals surface area contributed by atoms with Gasteiger partial charge in [-0.25, -0.2) is 0 Å². The Kier molecular flexibility index (Phi) is 2.69. The number of carbonyl (C=O) groups is 1. The molecular formula is C8H16N2O2. The first-order chi connectivity index (χ1) is 5.57. The normalized spacial score (nSPS) is 20.6. The van der Waals surface area contributed by atoms with Crippen LogP contribution in [-0.2, 0) is 9.53 Å². The molecule has 0 saturated carbocycles. The molecule has 1 fully saturated rings. The average Bonchev–Trinajstić information content (AvgIpc) is 1.83. The molecule has 0 spiro atoms. The predicted molar refractivity (Wildman–Crippen MR) is 45.6 cm³/mol. The molecule has 1 aliphatic rings. The highest BCUT2D eigenvalue weighted by molar-refractivity contribution is 5.82. The van der Waals surface area contributed by atoms with E-state index in [0.717, 1.165) is 0 Å². The summed E-state index contributed by atoms with van der Waals surface area (Å²) in [6.07, 6.45) is 0.154. The van der Waals surface area contributed by atoms with Crippen LogP contribution in [0.4, 0.5) is 0 Å². The lowest BCUT2D eigenvalue weighted by molar-refractivity contribution is -0.136. The maximum Gasteiger partial charge on any atom is 0.228 e. The maximum atomic E-state index is 11.0. The molecule has 1 heterocycles. The van der Waals surface area contributed by atoms with Crippen LogP contribution in [0.1, 0.15) is 13.8 Å². The van der Waals surface area contributed by atoms with Gasteiger partial charge in [-0.15, -0.1) is 0 Å². The summed E-state index contributed by atoms with van der Waals surface area (Å²) in [5, 5.41) is 3.03. The Hall–Kier alpha value is -0.610. The van der Waals surface area contributed by atoms with Gasteiger partial charge < -0.3 is 15.8 Å². The third kappa shape index (κ3) is 1.76. The van der Waals surface area contributed by atoms with Gasteiger partial charge in [-0.2, -0.15) is 0 Å². The molecule has 0 unspecified atom stereocenters. The van der Waals surface area contributed by atoms with Crippen LogP contribution in [0, 0.1) is 5.41 Å². The van der Waals surface area contributed by atoms with Crippen molar-refractivity contribution in [3.63, 3.8) is 0 Å². The van der Waals surface area contributed by atoms with E-state index in [1.807, 2.05) is 13.8 Å². The van der Waals surface area contributed by atoms with Crippen molar-refractivity contribution in [2.45, 2.75) is 20.0 Å². The van der Waals surface area contributed by atoms with Crippen molar-refractivity contribution in [1.82, 2.24) is 5.32 Å². The zero-order chi connectivity index (χ0) is 9.19. The number of nitrogens with one attached hydrogen (secondary N) is 1. The molecule has 4 nitrogen and oxygen atoms in total. The highest BCUT2D eigenvalue weighted by Crippen LogP contribution is 2.22. The molecule has 4 heteroatoms. The first-order valence-corrected chi connectivity index (χ1v) is 4.19. The molecule has 1 rings (SSSR count). The number of nitrogens with two attached hydrogens (primary N) is 1. The van der Waals surface area contributed by atoms with Crippen molar-refractivity contribution < 1.29 is 9.53 Å². The lowest BCUT2D eigenvalue weighted by Crippen LogP contribution is -2.63. The number of ether oxygens (including phenoxy) is 1. The SMILES string of the molecule is CC(C)OCC1(C(N)=O)CNC1. The Morgan fingerprint density at radius 1 is 1.67 bits per heavy atom. The van der Waals surface area contributed by atoms with Gasteiger partial charge in [0.25, 0.3) is 0 Å². The van der Waals surface area contributed by atoms with Gasteiger partial charge in [-0.1, -0.05) is 0 Å². The van der Waals surface area contributed by atoms with E-state index in [4.69, 9.17) is 10.5 Å². The van der Waals surface area contributed by atoms with E-state index >= 15 is 0 Å². The van der Waals surface area contributed by atoms with Crippen LogP contribution in [0.5, 0.6) is 0 Å². The molecular weight excluding hydrogens is 156 g/mol. The third-order valence-electron chi connectivity index (χ3n) is 2.14. The van der Waals surface area contributed by atoms with Gasteiger partial charge in [0.1, 0.15) is 0 Å². The van der Waals surface area contributed by atoms with Crippen LogP contribution in [0.3, 0.4) is 0 Å². The fourth-order valence-electron chi connectivity index (χ4n) is 1.10. The van der Waals surface area contributed by atoms with E-state index in [0.29, 0.717) is 19.7 Å². The van der Waals surface area contributed by atoms with E-state index in [2.05, 4.69) is 5.32 Å². The standard InChI is InChI=1S/C8H16N2O2/c1-6(2)12-5-8(7(9)11)3-10-4-8/h6,10H,3-5H2,1-2H3,(H2,9,11). The summed E-state index contributed by atoms with van der Waals surface area (Å²) in [6.45, 7) is 5.62. The summed E-state index contributed by atoms with van der Waals surface area (Å²) in [5.41, 5.74) is 4.82. The first-order valence-electron chi connectivity index (χ1n) is 4.19. The first kappa shape index (κ1) is 9.48. The Balaban J connectivity index is 2.40. The molecule has 0 aromatic rings. The van der Waals surface area contributed by atoms with Gasteiger partial charge in [-0.3, -0.25) is 4.79 Å². The van der Waals surface area contributed by atoms with Gasteiger partial charge in [0.05, 0.1) is 18.1 Å². The van der Waals surface area contributed by atoms with Crippen LogP contribution in [-0.4, -0.2) is 31.7 Å². The molecule has 1 amide bonds. The van der Waals surface area contributed by atoms with Gasteiger partial charge in [0, 0.05) is 13.1 Å². The summed E-state index contributed by atoms with van der Waals surface area (Å²) in [4.78, 5) is 11.0. The largest absolute Gasteiger partial charge is 0.378 e. The average molecular weight is 172 g/mol. The number of amides is 1. The minimum atomic E-state index is -0.440. The molecule has 12 heavy (non-hydrogen) atoms. The molecule has 0 atom stereocenters. The van der Waals surface area contributed by atoms with E-state index < -0.39 is 5.41 Å². The monoisotopic (exact) mass is 172 g/mol. The molecule has 0 aromatic heterocycles. The molecule has 1 aliphatic heterocycles. The van der Waals surface area contributed by atoms with E-state index in [1.54, 1.807) is 0 Å². The maximum absolute atomic E-state index is 11.0. The van der Waals surface area contributed by atoms with Crippen LogP contribution in [0.2, 0.25) is 0 Å². The fraction of sp³-hybridized carbons (Fsp3) is 0.875. The fourth-order valence-corrected chi connectivity index (χ4v) is 1.10. The zero-order valence-corrected chi connectivity index (χ0v) is 7.59. The number of rotatable bonds is 4. The molecule has 70 valence electrons. The zero-order valence-electron chi connectivity index (χ0n) is 7.59. The lowest BCUT2D eigenvalue weighted by Gasteiger charge is -2.39. The Bertz CT molecular complexity index is 176. The smallest absolute Gasteiger partial charge is 0.228 e. The Morgan fingerprint density at radius 2 is 2.25 bits per heavy atom. The highest BCUT2D eigenvalue weighted by Gasteiger charge is 2.43. The Labute approximate surface area is 72.5 Å². The van der Waals surface area contributed by atoms with Crippen molar-refractivity contribution >= 4 is 5.91 Å². The highest BCUT2D eigenvalue weighted by atomic mass is 16.5. The number of primary amides is 1. The number of hydrogen-bond donors (Lipinski definition) is 2. The van der Waals surface area contributed by atoms with E-state index in [1.165, 1.54) is 0 Å².